The topological polar surface area (TPSA) is 79.8 Å². The molecule has 1 atom stereocenters. The molecule has 0 fully saturated rings. The maximum absolute atomic E-state index is 11.3. The first kappa shape index (κ1) is 26.0. The zero-order valence-electron chi connectivity index (χ0n) is 16.8. The summed E-state index contributed by atoms with van der Waals surface area (Å²) in [6.07, 6.45) is 3.96. The van der Waals surface area contributed by atoms with E-state index in [9.17, 15) is 8.42 Å². The van der Waals surface area contributed by atoms with E-state index in [2.05, 4.69) is 22.5 Å². The van der Waals surface area contributed by atoms with E-state index in [1.54, 1.807) is 0 Å². The maximum atomic E-state index is 11.3. The number of nitrogens with zero attached hydrogens (tertiary/aromatic N) is 1. The summed E-state index contributed by atoms with van der Waals surface area (Å²) in [6, 6.07) is 7.98. The molecule has 0 heterocycles. The number of hydrogen-bond donors (Lipinski definition) is 2. The van der Waals surface area contributed by atoms with Crippen LogP contribution in [0, 0.1) is 0 Å². The van der Waals surface area contributed by atoms with Gasteiger partial charge in [-0.25, -0.2) is 13.4 Å². The molecule has 0 radical (unpaired) electrons. The number of benzene rings is 1. The van der Waals surface area contributed by atoms with Crippen LogP contribution in [0.5, 0.6) is 5.75 Å². The highest BCUT2D eigenvalue weighted by atomic mass is 127. The Balaban J connectivity index is 0.00000676. The van der Waals surface area contributed by atoms with Gasteiger partial charge in [-0.3, -0.25) is 0 Å². The van der Waals surface area contributed by atoms with Crippen molar-refractivity contribution in [2.24, 2.45) is 4.99 Å². The molecular weight excluding hydrogens is 477 g/mol. The van der Waals surface area contributed by atoms with E-state index in [1.165, 1.54) is 6.26 Å². The van der Waals surface area contributed by atoms with Crippen molar-refractivity contribution in [3.05, 3.63) is 29.8 Å². The van der Waals surface area contributed by atoms with E-state index < -0.39 is 9.84 Å². The van der Waals surface area contributed by atoms with Crippen LogP contribution < -0.4 is 15.4 Å². The van der Waals surface area contributed by atoms with Gasteiger partial charge in [0.25, 0.3) is 0 Å². The zero-order valence-corrected chi connectivity index (χ0v) is 20.0. The SMILES string of the molecule is CCCCOc1cccc(CN=C(NCC)NC(C)CCS(C)(=O)=O)c1.I. The first-order valence-corrected chi connectivity index (χ1v) is 11.3. The monoisotopic (exact) mass is 511 g/mol. The van der Waals surface area contributed by atoms with Crippen molar-refractivity contribution in [1.29, 1.82) is 0 Å². The molecule has 1 unspecified atom stereocenters. The van der Waals surface area contributed by atoms with E-state index in [0.717, 1.165) is 37.3 Å². The number of guanidine groups is 1. The fourth-order valence-electron chi connectivity index (χ4n) is 2.25. The standard InChI is InChI=1S/C19H33N3O3S.HI/c1-5-7-12-25-18-10-8-9-17(14-18)15-21-19(20-6-2)22-16(3)11-13-26(4,23)24;/h8-10,14,16H,5-7,11-13,15H2,1-4H3,(H2,20,21,22);1H. The van der Waals surface area contributed by atoms with Gasteiger partial charge >= 0.3 is 0 Å². The Kier molecular flexibility index (Phi) is 13.5. The number of aliphatic imine (C=N–C) groups is 1. The molecule has 0 aliphatic carbocycles. The van der Waals surface area contributed by atoms with Gasteiger partial charge < -0.3 is 15.4 Å². The van der Waals surface area contributed by atoms with Crippen LogP contribution in [-0.4, -0.2) is 45.6 Å². The predicted molar refractivity (Wildman–Crippen MR) is 124 cm³/mol. The number of nitrogens with one attached hydrogen (secondary N) is 2. The van der Waals surface area contributed by atoms with Crippen molar-refractivity contribution in [1.82, 2.24) is 10.6 Å². The molecule has 0 bridgehead atoms. The lowest BCUT2D eigenvalue weighted by atomic mass is 10.2. The summed E-state index contributed by atoms with van der Waals surface area (Å²) in [4.78, 5) is 4.60. The molecule has 1 aromatic carbocycles. The van der Waals surface area contributed by atoms with E-state index >= 15 is 0 Å². The molecule has 8 heteroatoms. The summed E-state index contributed by atoms with van der Waals surface area (Å²) in [5.74, 6) is 1.72. The molecule has 0 aromatic heterocycles. The highest BCUT2D eigenvalue weighted by Gasteiger charge is 2.09. The summed E-state index contributed by atoms with van der Waals surface area (Å²) in [5, 5.41) is 6.46. The number of halogens is 1. The highest BCUT2D eigenvalue weighted by Crippen LogP contribution is 2.14. The Labute approximate surface area is 181 Å². The normalized spacial score (nSPS) is 12.8. The Morgan fingerprint density at radius 1 is 1.30 bits per heavy atom. The van der Waals surface area contributed by atoms with E-state index in [1.807, 2.05) is 38.1 Å². The molecule has 0 aliphatic heterocycles. The molecule has 1 aromatic rings. The van der Waals surface area contributed by atoms with Crippen molar-refractivity contribution in [2.75, 3.05) is 25.2 Å². The first-order valence-electron chi connectivity index (χ1n) is 9.28. The second kappa shape index (κ2) is 14.0. The second-order valence-electron chi connectivity index (χ2n) is 6.51. The van der Waals surface area contributed by atoms with E-state index in [0.29, 0.717) is 18.9 Å². The first-order chi connectivity index (χ1) is 12.3. The molecule has 1 rings (SSSR count). The molecule has 0 aliphatic rings. The Morgan fingerprint density at radius 3 is 2.67 bits per heavy atom. The fourth-order valence-corrected chi connectivity index (χ4v) is 3.04. The molecule has 27 heavy (non-hydrogen) atoms. The zero-order chi connectivity index (χ0) is 19.4. The van der Waals surface area contributed by atoms with Crippen LogP contribution in [0.2, 0.25) is 0 Å². The summed E-state index contributed by atoms with van der Waals surface area (Å²) in [7, 11) is -2.95. The molecule has 6 nitrogen and oxygen atoms in total. The van der Waals surface area contributed by atoms with Crippen LogP contribution in [0.15, 0.2) is 29.3 Å². The number of rotatable bonds is 11. The van der Waals surface area contributed by atoms with Crippen LogP contribution in [0.25, 0.3) is 0 Å². The fraction of sp³-hybridized carbons (Fsp3) is 0.632. The van der Waals surface area contributed by atoms with Crippen LogP contribution in [0.4, 0.5) is 0 Å². The van der Waals surface area contributed by atoms with E-state index in [4.69, 9.17) is 4.74 Å². The predicted octanol–water partition coefficient (Wildman–Crippen LogP) is 3.36. The average Bonchev–Trinajstić information content (AvgIpc) is 2.58. The second-order valence-corrected chi connectivity index (χ2v) is 8.77. The number of sulfone groups is 1. The molecule has 0 spiro atoms. The molecular formula is C19H34IN3O3S. The number of unbranched alkanes of at least 4 members (excludes halogenated alkanes) is 1. The summed E-state index contributed by atoms with van der Waals surface area (Å²) < 4.78 is 28.3. The minimum Gasteiger partial charge on any atom is -0.494 e. The van der Waals surface area contributed by atoms with Crippen LogP contribution in [0.1, 0.15) is 45.6 Å². The van der Waals surface area contributed by atoms with Gasteiger partial charge in [0.1, 0.15) is 15.6 Å². The highest BCUT2D eigenvalue weighted by molar-refractivity contribution is 14.0. The summed E-state index contributed by atoms with van der Waals surface area (Å²) >= 11 is 0. The average molecular weight is 511 g/mol. The van der Waals surface area contributed by atoms with Crippen molar-refractivity contribution in [2.45, 2.75) is 52.6 Å². The Bertz CT molecular complexity index is 666. The van der Waals surface area contributed by atoms with Crippen molar-refractivity contribution >= 4 is 39.8 Å². The number of hydrogen-bond acceptors (Lipinski definition) is 4. The van der Waals surface area contributed by atoms with Gasteiger partial charge in [0.05, 0.1) is 18.9 Å². The van der Waals surface area contributed by atoms with Crippen LogP contribution in [-0.2, 0) is 16.4 Å². The van der Waals surface area contributed by atoms with Crippen molar-refractivity contribution in [3.8, 4) is 5.75 Å². The van der Waals surface area contributed by atoms with Crippen molar-refractivity contribution < 1.29 is 13.2 Å². The Morgan fingerprint density at radius 2 is 2.04 bits per heavy atom. The summed E-state index contributed by atoms with van der Waals surface area (Å²) in [5.41, 5.74) is 1.07. The lowest BCUT2D eigenvalue weighted by molar-refractivity contribution is 0.309. The summed E-state index contributed by atoms with van der Waals surface area (Å²) in [6.45, 7) is 8.09. The van der Waals surface area contributed by atoms with Crippen LogP contribution >= 0.6 is 24.0 Å². The minimum absolute atomic E-state index is 0. The molecule has 2 N–H and O–H groups in total. The number of ether oxygens (including phenoxy) is 1. The molecule has 0 amide bonds. The minimum atomic E-state index is -2.95. The Hall–Kier alpha value is -1.03. The van der Waals surface area contributed by atoms with Gasteiger partial charge in [-0.15, -0.1) is 24.0 Å². The molecule has 0 saturated carbocycles. The lowest BCUT2D eigenvalue weighted by Crippen LogP contribution is -2.42. The largest absolute Gasteiger partial charge is 0.494 e. The van der Waals surface area contributed by atoms with Gasteiger partial charge in [-0.2, -0.15) is 0 Å². The third kappa shape index (κ3) is 12.9. The molecule has 156 valence electrons. The van der Waals surface area contributed by atoms with E-state index in [-0.39, 0.29) is 35.8 Å². The lowest BCUT2D eigenvalue weighted by Gasteiger charge is -2.17. The van der Waals surface area contributed by atoms with Gasteiger partial charge in [-0.1, -0.05) is 25.5 Å². The third-order valence-corrected chi connectivity index (χ3v) is 4.71. The third-order valence-electron chi connectivity index (χ3n) is 3.73. The quantitative estimate of drug-likeness (QED) is 0.206. The van der Waals surface area contributed by atoms with Gasteiger partial charge in [0, 0.05) is 18.8 Å². The van der Waals surface area contributed by atoms with Gasteiger partial charge in [-0.05, 0) is 44.4 Å². The van der Waals surface area contributed by atoms with Gasteiger partial charge in [0.2, 0.25) is 0 Å². The van der Waals surface area contributed by atoms with Crippen LogP contribution in [0.3, 0.4) is 0 Å². The smallest absolute Gasteiger partial charge is 0.191 e. The van der Waals surface area contributed by atoms with Gasteiger partial charge in [0.15, 0.2) is 5.96 Å². The molecule has 0 saturated heterocycles. The van der Waals surface area contributed by atoms with Crippen molar-refractivity contribution in [3.63, 3.8) is 0 Å². The maximum Gasteiger partial charge on any atom is 0.191 e.